The minimum atomic E-state index is -0.380. The van der Waals surface area contributed by atoms with Crippen LogP contribution in [0.5, 0.6) is 0 Å². The summed E-state index contributed by atoms with van der Waals surface area (Å²) in [6, 6.07) is 5.75. The minimum Gasteiger partial charge on any atom is -0.399 e. The fourth-order valence-electron chi connectivity index (χ4n) is 3.31. The van der Waals surface area contributed by atoms with E-state index in [0.717, 1.165) is 55.0 Å². The molecule has 0 aliphatic carbocycles. The molecular formula is C15H20N4O2. The van der Waals surface area contributed by atoms with E-state index in [1.807, 2.05) is 18.2 Å². The molecule has 1 aromatic heterocycles. The summed E-state index contributed by atoms with van der Waals surface area (Å²) in [7, 11) is 0. The highest BCUT2D eigenvalue weighted by Gasteiger charge is 2.40. The molecule has 0 unspecified atom stereocenters. The van der Waals surface area contributed by atoms with Crippen LogP contribution >= 0.6 is 0 Å². The van der Waals surface area contributed by atoms with Gasteiger partial charge in [-0.2, -0.15) is 0 Å². The Morgan fingerprint density at radius 3 is 3.05 bits per heavy atom. The number of likely N-dealkylation sites (tertiary alicyclic amines) is 1. The molecular weight excluding hydrogens is 268 g/mol. The zero-order chi connectivity index (χ0) is 14.3. The van der Waals surface area contributed by atoms with E-state index in [1.54, 1.807) is 0 Å². The molecule has 1 spiro atoms. The molecule has 2 aliphatic heterocycles. The van der Waals surface area contributed by atoms with Gasteiger partial charge in [0.25, 0.3) is 0 Å². The van der Waals surface area contributed by atoms with E-state index in [0.29, 0.717) is 13.2 Å². The number of ether oxygens (including phenoxy) is 2. The SMILES string of the molecule is Nc1ccc2nc(CN3CCCC4(C3)OCCO4)[nH]c2c1. The molecule has 2 aromatic rings. The standard InChI is InChI=1S/C15H20N4O2/c16-11-2-3-12-13(8-11)18-14(17-12)9-19-5-1-4-15(10-19)20-6-7-21-15/h2-3,8H,1,4-7,9-10,16H2,(H,17,18). The molecule has 21 heavy (non-hydrogen) atoms. The van der Waals surface area contributed by atoms with Gasteiger partial charge < -0.3 is 20.2 Å². The van der Waals surface area contributed by atoms with Crippen LogP contribution in [0.15, 0.2) is 18.2 Å². The number of anilines is 1. The van der Waals surface area contributed by atoms with Gasteiger partial charge in [-0.25, -0.2) is 4.98 Å². The second kappa shape index (κ2) is 4.98. The molecule has 0 radical (unpaired) electrons. The summed E-state index contributed by atoms with van der Waals surface area (Å²) in [5, 5.41) is 0. The molecule has 2 fully saturated rings. The number of nitrogens with zero attached hydrogens (tertiary/aromatic N) is 2. The Kier molecular flexibility index (Phi) is 3.10. The Labute approximate surface area is 123 Å². The van der Waals surface area contributed by atoms with Crippen LogP contribution in [0.25, 0.3) is 11.0 Å². The van der Waals surface area contributed by atoms with Crippen molar-refractivity contribution < 1.29 is 9.47 Å². The van der Waals surface area contributed by atoms with Crippen molar-refractivity contribution in [3.05, 3.63) is 24.0 Å². The van der Waals surface area contributed by atoms with Crippen LogP contribution in [0.3, 0.4) is 0 Å². The van der Waals surface area contributed by atoms with Crippen LogP contribution in [-0.4, -0.2) is 47.0 Å². The van der Waals surface area contributed by atoms with Gasteiger partial charge in [-0.3, -0.25) is 4.90 Å². The van der Waals surface area contributed by atoms with Crippen molar-refractivity contribution in [2.24, 2.45) is 0 Å². The molecule has 0 bridgehead atoms. The van der Waals surface area contributed by atoms with Crippen molar-refractivity contribution in [3.63, 3.8) is 0 Å². The molecule has 2 saturated heterocycles. The molecule has 6 nitrogen and oxygen atoms in total. The van der Waals surface area contributed by atoms with Crippen LogP contribution in [0.2, 0.25) is 0 Å². The maximum absolute atomic E-state index is 5.81. The normalized spacial score (nSPS) is 22.3. The Hall–Kier alpha value is -1.63. The number of nitrogens with two attached hydrogens (primary N) is 1. The first-order valence-electron chi connectivity index (χ1n) is 7.47. The van der Waals surface area contributed by atoms with E-state index in [1.165, 1.54) is 0 Å². The third-order valence-corrected chi connectivity index (χ3v) is 4.24. The lowest BCUT2D eigenvalue weighted by Gasteiger charge is -2.38. The second-order valence-corrected chi connectivity index (χ2v) is 5.88. The Balaban J connectivity index is 1.51. The lowest BCUT2D eigenvalue weighted by molar-refractivity contribution is -0.190. The third kappa shape index (κ3) is 2.50. The van der Waals surface area contributed by atoms with E-state index in [2.05, 4.69) is 14.9 Å². The van der Waals surface area contributed by atoms with E-state index >= 15 is 0 Å². The third-order valence-electron chi connectivity index (χ3n) is 4.24. The number of aromatic amines is 1. The number of nitrogens with one attached hydrogen (secondary N) is 1. The highest BCUT2D eigenvalue weighted by molar-refractivity contribution is 5.78. The largest absolute Gasteiger partial charge is 0.399 e. The Morgan fingerprint density at radius 2 is 2.19 bits per heavy atom. The van der Waals surface area contributed by atoms with Gasteiger partial charge in [0.1, 0.15) is 5.82 Å². The summed E-state index contributed by atoms with van der Waals surface area (Å²) >= 11 is 0. The second-order valence-electron chi connectivity index (χ2n) is 5.88. The summed E-state index contributed by atoms with van der Waals surface area (Å²) in [4.78, 5) is 10.3. The molecule has 6 heteroatoms. The smallest absolute Gasteiger partial charge is 0.181 e. The highest BCUT2D eigenvalue weighted by atomic mass is 16.7. The van der Waals surface area contributed by atoms with Crippen molar-refractivity contribution in [1.29, 1.82) is 0 Å². The van der Waals surface area contributed by atoms with Gasteiger partial charge in [-0.1, -0.05) is 0 Å². The molecule has 0 atom stereocenters. The maximum Gasteiger partial charge on any atom is 0.181 e. The summed E-state index contributed by atoms with van der Waals surface area (Å²) in [5.41, 5.74) is 8.51. The number of aromatic nitrogens is 2. The predicted octanol–water partition coefficient (Wildman–Crippen LogP) is 1.48. The number of imidazole rings is 1. The quantitative estimate of drug-likeness (QED) is 0.819. The van der Waals surface area contributed by atoms with Crippen LogP contribution < -0.4 is 5.73 Å². The summed E-state index contributed by atoms with van der Waals surface area (Å²) < 4.78 is 11.6. The number of piperidine rings is 1. The number of rotatable bonds is 2. The molecule has 0 amide bonds. The van der Waals surface area contributed by atoms with Crippen molar-refractivity contribution >= 4 is 16.7 Å². The van der Waals surface area contributed by atoms with Crippen molar-refractivity contribution in [3.8, 4) is 0 Å². The van der Waals surface area contributed by atoms with Gasteiger partial charge in [0, 0.05) is 12.1 Å². The average molecular weight is 288 g/mol. The van der Waals surface area contributed by atoms with E-state index in [4.69, 9.17) is 15.2 Å². The molecule has 3 N–H and O–H groups in total. The number of fused-ring (bicyclic) bond motifs is 1. The van der Waals surface area contributed by atoms with E-state index in [9.17, 15) is 0 Å². The van der Waals surface area contributed by atoms with Crippen molar-refractivity contribution in [1.82, 2.24) is 14.9 Å². The van der Waals surface area contributed by atoms with Crippen LogP contribution in [0, 0.1) is 0 Å². The lowest BCUT2D eigenvalue weighted by Crippen LogP contribution is -2.48. The fraction of sp³-hybridized carbons (Fsp3) is 0.533. The van der Waals surface area contributed by atoms with E-state index in [-0.39, 0.29) is 5.79 Å². The molecule has 3 heterocycles. The molecule has 2 aliphatic rings. The number of H-pyrrole nitrogens is 1. The topological polar surface area (TPSA) is 76.4 Å². The van der Waals surface area contributed by atoms with Crippen LogP contribution in [0.4, 0.5) is 5.69 Å². The maximum atomic E-state index is 5.81. The molecule has 112 valence electrons. The number of benzene rings is 1. The van der Waals surface area contributed by atoms with Gasteiger partial charge in [-0.15, -0.1) is 0 Å². The first kappa shape index (κ1) is 13.1. The average Bonchev–Trinajstić information content (AvgIpc) is 3.05. The van der Waals surface area contributed by atoms with Gasteiger partial charge in [0.15, 0.2) is 5.79 Å². The Morgan fingerprint density at radius 1 is 1.33 bits per heavy atom. The molecule has 0 saturated carbocycles. The molecule has 1 aromatic carbocycles. The summed E-state index contributed by atoms with van der Waals surface area (Å²) in [6.45, 7) is 4.05. The Bertz CT molecular complexity index is 648. The van der Waals surface area contributed by atoms with E-state index < -0.39 is 0 Å². The zero-order valence-electron chi connectivity index (χ0n) is 12.0. The predicted molar refractivity (Wildman–Crippen MR) is 79.7 cm³/mol. The summed E-state index contributed by atoms with van der Waals surface area (Å²) in [5.74, 6) is 0.583. The fourth-order valence-corrected chi connectivity index (χ4v) is 3.31. The van der Waals surface area contributed by atoms with Gasteiger partial charge in [0.05, 0.1) is 37.3 Å². The summed E-state index contributed by atoms with van der Waals surface area (Å²) in [6.07, 6.45) is 2.08. The first-order chi connectivity index (χ1) is 10.2. The zero-order valence-corrected chi connectivity index (χ0v) is 12.0. The van der Waals surface area contributed by atoms with Crippen molar-refractivity contribution in [2.45, 2.75) is 25.2 Å². The van der Waals surface area contributed by atoms with Gasteiger partial charge >= 0.3 is 0 Å². The monoisotopic (exact) mass is 288 g/mol. The lowest BCUT2D eigenvalue weighted by atomic mass is 10.0. The van der Waals surface area contributed by atoms with Gasteiger partial charge in [-0.05, 0) is 31.2 Å². The van der Waals surface area contributed by atoms with Crippen LogP contribution in [0.1, 0.15) is 18.7 Å². The minimum absolute atomic E-state index is 0.380. The highest BCUT2D eigenvalue weighted by Crippen LogP contribution is 2.30. The van der Waals surface area contributed by atoms with Crippen molar-refractivity contribution in [2.75, 3.05) is 32.0 Å². The first-order valence-corrected chi connectivity index (χ1v) is 7.47. The number of hydrogen-bond acceptors (Lipinski definition) is 5. The van der Waals surface area contributed by atoms with Crippen LogP contribution in [-0.2, 0) is 16.0 Å². The molecule has 4 rings (SSSR count). The van der Waals surface area contributed by atoms with Gasteiger partial charge in [0.2, 0.25) is 0 Å². The number of hydrogen-bond donors (Lipinski definition) is 2. The number of nitrogen functional groups attached to an aromatic ring is 1.